The average Bonchev–Trinajstić information content (AvgIpc) is 2.62. The molecule has 0 amide bonds. The highest BCUT2D eigenvalue weighted by molar-refractivity contribution is 7.17. The summed E-state index contributed by atoms with van der Waals surface area (Å²) in [4.78, 5) is 0. The molecule has 2 aromatic rings. The summed E-state index contributed by atoms with van der Waals surface area (Å²) in [7, 11) is 1.64. The van der Waals surface area contributed by atoms with E-state index in [1.54, 1.807) is 18.4 Å². The summed E-state index contributed by atoms with van der Waals surface area (Å²) >= 11 is 13.5. The third-order valence-electron chi connectivity index (χ3n) is 2.08. The molecule has 0 saturated carbocycles. The van der Waals surface area contributed by atoms with E-state index in [2.05, 4.69) is 0 Å². The van der Waals surface area contributed by atoms with Crippen LogP contribution in [0.1, 0.15) is 5.56 Å². The monoisotopic (exact) mass is 246 g/mol. The molecule has 1 nitrogen and oxygen atoms in total. The summed E-state index contributed by atoms with van der Waals surface area (Å²) in [5.74, 6) is 1.17. The SMILES string of the molecule is COc1c(CCl)c(Cl)cc2ccsc12. The summed E-state index contributed by atoms with van der Waals surface area (Å²) in [6, 6.07) is 3.94. The van der Waals surface area contributed by atoms with Crippen molar-refractivity contribution >= 4 is 44.6 Å². The summed E-state index contributed by atoms with van der Waals surface area (Å²) < 4.78 is 6.43. The predicted molar refractivity (Wildman–Crippen MR) is 62.9 cm³/mol. The maximum Gasteiger partial charge on any atom is 0.142 e. The lowest BCUT2D eigenvalue weighted by atomic mass is 10.1. The molecule has 0 fully saturated rings. The van der Waals surface area contributed by atoms with Gasteiger partial charge in [0, 0.05) is 10.6 Å². The van der Waals surface area contributed by atoms with E-state index >= 15 is 0 Å². The number of hydrogen-bond acceptors (Lipinski definition) is 2. The van der Waals surface area contributed by atoms with Gasteiger partial charge in [-0.25, -0.2) is 0 Å². The Morgan fingerprint density at radius 1 is 1.50 bits per heavy atom. The Morgan fingerprint density at radius 2 is 2.29 bits per heavy atom. The van der Waals surface area contributed by atoms with Gasteiger partial charge in [0.1, 0.15) is 5.75 Å². The van der Waals surface area contributed by atoms with Gasteiger partial charge in [-0.15, -0.1) is 22.9 Å². The first-order valence-corrected chi connectivity index (χ1v) is 5.85. The third-order valence-corrected chi connectivity index (χ3v) is 3.62. The topological polar surface area (TPSA) is 9.23 Å². The standard InChI is InChI=1S/C10H8Cl2OS/c1-13-9-7(5-11)8(12)4-6-2-3-14-10(6)9/h2-4H,5H2,1H3. The Balaban J connectivity index is 2.82. The fourth-order valence-corrected chi connectivity index (χ4v) is 2.96. The van der Waals surface area contributed by atoms with E-state index in [9.17, 15) is 0 Å². The van der Waals surface area contributed by atoms with Crippen molar-refractivity contribution < 1.29 is 4.74 Å². The number of fused-ring (bicyclic) bond motifs is 1. The average molecular weight is 247 g/mol. The van der Waals surface area contributed by atoms with Gasteiger partial charge < -0.3 is 4.74 Å². The zero-order valence-electron chi connectivity index (χ0n) is 7.51. The molecule has 0 bridgehead atoms. The number of hydrogen-bond donors (Lipinski definition) is 0. The van der Waals surface area contributed by atoms with Crippen LogP contribution < -0.4 is 4.74 Å². The van der Waals surface area contributed by atoms with Crippen LogP contribution in [-0.2, 0) is 5.88 Å². The second-order valence-electron chi connectivity index (χ2n) is 2.84. The van der Waals surface area contributed by atoms with E-state index in [4.69, 9.17) is 27.9 Å². The smallest absolute Gasteiger partial charge is 0.142 e. The first kappa shape index (κ1) is 10.1. The molecule has 0 aliphatic heterocycles. The summed E-state index contributed by atoms with van der Waals surface area (Å²) in [5.41, 5.74) is 0.866. The molecule has 0 radical (unpaired) electrons. The van der Waals surface area contributed by atoms with Crippen molar-refractivity contribution in [3.8, 4) is 5.75 Å². The normalized spacial score (nSPS) is 10.8. The van der Waals surface area contributed by atoms with Gasteiger partial charge in [-0.1, -0.05) is 11.6 Å². The first-order valence-electron chi connectivity index (χ1n) is 4.06. The van der Waals surface area contributed by atoms with Crippen molar-refractivity contribution in [3.63, 3.8) is 0 Å². The number of alkyl halides is 1. The van der Waals surface area contributed by atoms with Gasteiger partial charge in [0.05, 0.1) is 17.7 Å². The van der Waals surface area contributed by atoms with Gasteiger partial charge in [-0.3, -0.25) is 0 Å². The third kappa shape index (κ3) is 1.48. The molecule has 1 aromatic heterocycles. The molecular formula is C10H8Cl2OS. The molecule has 1 aromatic carbocycles. The Labute approximate surface area is 96.2 Å². The maximum atomic E-state index is 6.08. The van der Waals surface area contributed by atoms with Crippen LogP contribution in [0.3, 0.4) is 0 Å². The quantitative estimate of drug-likeness (QED) is 0.719. The van der Waals surface area contributed by atoms with Crippen molar-refractivity contribution in [1.29, 1.82) is 0 Å². The number of methoxy groups -OCH3 is 1. The first-order chi connectivity index (χ1) is 6.77. The molecule has 4 heteroatoms. The van der Waals surface area contributed by atoms with Gasteiger partial charge in [0.25, 0.3) is 0 Å². The summed E-state index contributed by atoms with van der Waals surface area (Å²) in [6.45, 7) is 0. The van der Waals surface area contributed by atoms with E-state index in [-0.39, 0.29) is 0 Å². The molecule has 0 atom stereocenters. The van der Waals surface area contributed by atoms with Crippen LogP contribution in [0.2, 0.25) is 5.02 Å². The van der Waals surface area contributed by atoms with Gasteiger partial charge in [-0.2, -0.15) is 0 Å². The number of thiophene rings is 1. The van der Waals surface area contributed by atoms with Crippen LogP contribution in [0.15, 0.2) is 17.5 Å². The summed E-state index contributed by atoms with van der Waals surface area (Å²) in [6.07, 6.45) is 0. The minimum Gasteiger partial charge on any atom is -0.495 e. The molecule has 74 valence electrons. The van der Waals surface area contributed by atoms with Crippen LogP contribution in [0.25, 0.3) is 10.1 Å². The highest BCUT2D eigenvalue weighted by Crippen LogP contribution is 2.39. The lowest BCUT2D eigenvalue weighted by Crippen LogP contribution is -1.90. The Kier molecular flexibility index (Phi) is 2.86. The highest BCUT2D eigenvalue weighted by atomic mass is 35.5. The van der Waals surface area contributed by atoms with Crippen LogP contribution in [0.4, 0.5) is 0 Å². The van der Waals surface area contributed by atoms with Gasteiger partial charge in [-0.05, 0) is 22.9 Å². The van der Waals surface area contributed by atoms with Gasteiger partial charge in [0.2, 0.25) is 0 Å². The minimum absolute atomic E-state index is 0.371. The molecule has 0 aliphatic rings. The Morgan fingerprint density at radius 3 is 2.93 bits per heavy atom. The van der Waals surface area contributed by atoms with Crippen molar-refractivity contribution in [2.45, 2.75) is 5.88 Å². The Bertz CT molecular complexity index is 464. The van der Waals surface area contributed by atoms with Crippen LogP contribution in [-0.4, -0.2) is 7.11 Å². The lowest BCUT2D eigenvalue weighted by molar-refractivity contribution is 0.417. The zero-order chi connectivity index (χ0) is 10.1. The second-order valence-corrected chi connectivity index (χ2v) is 4.43. The van der Waals surface area contributed by atoms with Gasteiger partial charge in [0.15, 0.2) is 0 Å². The fraction of sp³-hybridized carbons (Fsp3) is 0.200. The van der Waals surface area contributed by atoms with Crippen molar-refractivity contribution in [1.82, 2.24) is 0 Å². The van der Waals surface area contributed by atoms with E-state index in [0.29, 0.717) is 10.9 Å². The summed E-state index contributed by atoms with van der Waals surface area (Å²) in [5, 5.41) is 3.79. The van der Waals surface area contributed by atoms with Crippen LogP contribution in [0, 0.1) is 0 Å². The predicted octanol–water partition coefficient (Wildman–Crippen LogP) is 4.30. The van der Waals surface area contributed by atoms with E-state index < -0.39 is 0 Å². The van der Waals surface area contributed by atoms with Crippen molar-refractivity contribution in [3.05, 3.63) is 28.1 Å². The molecule has 0 spiro atoms. The van der Waals surface area contributed by atoms with Gasteiger partial charge >= 0.3 is 0 Å². The highest BCUT2D eigenvalue weighted by Gasteiger charge is 2.12. The number of halogens is 2. The molecule has 0 N–H and O–H groups in total. The largest absolute Gasteiger partial charge is 0.495 e. The molecule has 2 rings (SSSR count). The number of rotatable bonds is 2. The molecule has 1 heterocycles. The molecule has 0 unspecified atom stereocenters. The molecule has 14 heavy (non-hydrogen) atoms. The Hall–Kier alpha value is -0.440. The van der Waals surface area contributed by atoms with Crippen molar-refractivity contribution in [2.75, 3.05) is 7.11 Å². The van der Waals surface area contributed by atoms with E-state index in [1.165, 1.54) is 0 Å². The minimum atomic E-state index is 0.371. The van der Waals surface area contributed by atoms with E-state index in [1.807, 2.05) is 17.5 Å². The molecular weight excluding hydrogens is 239 g/mol. The zero-order valence-corrected chi connectivity index (χ0v) is 9.84. The van der Waals surface area contributed by atoms with Crippen molar-refractivity contribution in [2.24, 2.45) is 0 Å². The molecule has 0 aliphatic carbocycles. The van der Waals surface area contributed by atoms with E-state index in [0.717, 1.165) is 21.4 Å². The second kappa shape index (κ2) is 3.97. The maximum absolute atomic E-state index is 6.08. The van der Waals surface area contributed by atoms with Crippen LogP contribution in [0.5, 0.6) is 5.75 Å². The molecule has 0 saturated heterocycles. The number of ether oxygens (including phenoxy) is 1. The fourth-order valence-electron chi connectivity index (χ4n) is 1.43. The van der Waals surface area contributed by atoms with Crippen LogP contribution >= 0.6 is 34.5 Å². The lowest BCUT2D eigenvalue weighted by Gasteiger charge is -2.08. The number of benzene rings is 1.